The first-order chi connectivity index (χ1) is 14.5. The molecule has 31 heavy (non-hydrogen) atoms. The normalized spacial score (nSPS) is 21.7. The summed E-state index contributed by atoms with van der Waals surface area (Å²) in [5.74, 6) is -3.84. The van der Waals surface area contributed by atoms with Crippen LogP contribution in [0.2, 0.25) is 0 Å². The van der Waals surface area contributed by atoms with Gasteiger partial charge < -0.3 is 20.5 Å². The number of aromatic nitrogens is 1. The maximum atomic E-state index is 15.1. The monoisotopic (exact) mass is 443 g/mol. The molecule has 2 aliphatic rings. The third-order valence-electron chi connectivity index (χ3n) is 6.10. The Kier molecular flexibility index (Phi) is 5.11. The molecule has 3 heterocycles. The van der Waals surface area contributed by atoms with Crippen molar-refractivity contribution >= 4 is 17.4 Å². The second kappa shape index (κ2) is 7.40. The van der Waals surface area contributed by atoms with Crippen LogP contribution in [-0.2, 0) is 0 Å². The number of carboxylic acid groups (broad SMARTS) is 1. The molecule has 0 spiro atoms. The largest absolute Gasteiger partial charge is 0.511 e. The molecule has 3 N–H and O–H groups in total. The summed E-state index contributed by atoms with van der Waals surface area (Å²) in [7, 11) is 0. The Bertz CT molecular complexity index is 1110. The van der Waals surface area contributed by atoms with Gasteiger partial charge in [-0.05, 0) is 49.4 Å². The van der Waals surface area contributed by atoms with E-state index in [0.29, 0.717) is 16.6 Å². The van der Waals surface area contributed by atoms with Crippen molar-refractivity contribution in [1.82, 2.24) is 4.40 Å². The molecule has 2 atom stereocenters. The van der Waals surface area contributed by atoms with E-state index in [1.807, 2.05) is 0 Å². The molecule has 2 aromatic heterocycles. The van der Waals surface area contributed by atoms with Gasteiger partial charge >= 0.3 is 12.3 Å². The highest BCUT2D eigenvalue weighted by atomic mass is 19.4. The molecule has 0 unspecified atom stereocenters. The van der Waals surface area contributed by atoms with E-state index < -0.39 is 47.8 Å². The molecule has 4 rings (SSSR count). The Labute approximate surface area is 174 Å². The smallest absolute Gasteiger partial charge is 0.449 e. The van der Waals surface area contributed by atoms with Gasteiger partial charge in [0.05, 0.1) is 23.3 Å². The van der Waals surface area contributed by atoms with Crippen LogP contribution in [0.3, 0.4) is 0 Å². The molecular weight excluding hydrogens is 422 g/mol. The molecule has 1 aliphatic heterocycles. The van der Waals surface area contributed by atoms with Crippen molar-refractivity contribution in [3.05, 3.63) is 39.6 Å². The molecule has 0 aromatic carbocycles. The third-order valence-corrected chi connectivity index (χ3v) is 6.10. The summed E-state index contributed by atoms with van der Waals surface area (Å²) in [5.41, 5.74) is 5.98. The first-order valence-corrected chi connectivity index (χ1v) is 9.83. The van der Waals surface area contributed by atoms with Crippen LogP contribution in [0, 0.1) is 24.6 Å². The quantitative estimate of drug-likeness (QED) is 0.556. The fraction of sp³-hybridized carbons (Fsp3) is 0.500. The molecule has 0 amide bonds. The molecule has 168 valence electrons. The second-order valence-corrected chi connectivity index (χ2v) is 8.13. The number of hydrogen-bond donors (Lipinski definition) is 2. The summed E-state index contributed by atoms with van der Waals surface area (Å²) < 4.78 is 61.0. The Morgan fingerprint density at radius 3 is 2.52 bits per heavy atom. The minimum atomic E-state index is -4.46. The summed E-state index contributed by atoms with van der Waals surface area (Å²) in [6.45, 7) is 0.882. The van der Waals surface area contributed by atoms with Gasteiger partial charge in [0, 0.05) is 19.0 Å². The van der Waals surface area contributed by atoms with Gasteiger partial charge in [-0.1, -0.05) is 0 Å². The number of nitrogens with two attached hydrogens (primary N) is 1. The Morgan fingerprint density at radius 1 is 1.32 bits per heavy atom. The number of alkyl halides is 3. The number of nitrogens with zero attached hydrogens (tertiary/aromatic N) is 2. The van der Waals surface area contributed by atoms with Crippen molar-refractivity contribution < 1.29 is 32.2 Å². The highest BCUT2D eigenvalue weighted by Crippen LogP contribution is 2.46. The van der Waals surface area contributed by atoms with Crippen LogP contribution in [0.5, 0.6) is 5.75 Å². The summed E-state index contributed by atoms with van der Waals surface area (Å²) in [6, 6.07) is 1.34. The molecule has 2 fully saturated rings. The zero-order valence-corrected chi connectivity index (χ0v) is 16.6. The molecule has 1 saturated heterocycles. The van der Waals surface area contributed by atoms with Crippen molar-refractivity contribution in [1.29, 1.82) is 0 Å². The van der Waals surface area contributed by atoms with Crippen LogP contribution in [0.1, 0.15) is 29.9 Å². The molecule has 0 bridgehead atoms. The van der Waals surface area contributed by atoms with Gasteiger partial charge in [-0.15, -0.1) is 0 Å². The van der Waals surface area contributed by atoms with E-state index in [4.69, 9.17) is 10.8 Å². The number of carbonyl (C=O) groups is 1. The van der Waals surface area contributed by atoms with Gasteiger partial charge in [-0.25, -0.2) is 9.18 Å². The number of halogens is 4. The van der Waals surface area contributed by atoms with E-state index in [1.165, 1.54) is 11.0 Å². The molecular formula is C20H21F4N3O4. The molecule has 1 saturated carbocycles. The molecule has 11 heteroatoms. The summed E-state index contributed by atoms with van der Waals surface area (Å²) in [5, 5.41) is 8.89. The Balaban J connectivity index is 1.88. The van der Waals surface area contributed by atoms with E-state index in [-0.39, 0.29) is 24.7 Å². The average molecular weight is 443 g/mol. The van der Waals surface area contributed by atoms with Gasteiger partial charge in [0.1, 0.15) is 0 Å². The van der Waals surface area contributed by atoms with E-state index in [9.17, 15) is 22.8 Å². The summed E-state index contributed by atoms with van der Waals surface area (Å²) >= 11 is 0. The SMILES string of the molecule is Cc1c(N2C[C@H](CN)[C@@H](C(F)(F)F)C2)c(F)cn2c(=O)c(OC(=O)O)cc(C3CC3)c12. The highest BCUT2D eigenvalue weighted by molar-refractivity contribution is 5.74. The maximum Gasteiger partial charge on any atom is 0.511 e. The second-order valence-electron chi connectivity index (χ2n) is 8.13. The van der Waals surface area contributed by atoms with Gasteiger partial charge in [0.25, 0.3) is 5.56 Å². The summed E-state index contributed by atoms with van der Waals surface area (Å²) in [4.78, 5) is 25.0. The predicted octanol–water partition coefficient (Wildman–Crippen LogP) is 3.25. The van der Waals surface area contributed by atoms with Crippen molar-refractivity contribution in [3.63, 3.8) is 0 Å². The van der Waals surface area contributed by atoms with Gasteiger partial charge in [0.2, 0.25) is 0 Å². The molecule has 0 radical (unpaired) electrons. The molecule has 1 aliphatic carbocycles. The summed E-state index contributed by atoms with van der Waals surface area (Å²) in [6.07, 6.45) is -3.66. The van der Waals surface area contributed by atoms with E-state index in [1.54, 1.807) is 6.92 Å². The van der Waals surface area contributed by atoms with Crippen LogP contribution in [0.4, 0.5) is 28.0 Å². The standard InChI is InChI=1S/C20H21F4N3O4/c1-9-16-12(10-2-3-10)4-15(31-19(29)30)18(28)27(16)8-14(21)17(9)26-6-11(5-25)13(7-26)20(22,23)24/h4,8,10-11,13H,2-3,5-7,25H2,1H3,(H,29,30)/t11-,13-/m0/s1. The third kappa shape index (κ3) is 3.71. The van der Waals surface area contributed by atoms with E-state index in [2.05, 4.69) is 4.74 Å². The topological polar surface area (TPSA) is 97.3 Å². The fourth-order valence-corrected chi connectivity index (χ4v) is 4.54. The van der Waals surface area contributed by atoms with Crippen LogP contribution in [-0.4, -0.2) is 41.5 Å². The van der Waals surface area contributed by atoms with Crippen molar-refractivity contribution in [2.75, 3.05) is 24.5 Å². The van der Waals surface area contributed by atoms with Crippen molar-refractivity contribution in [3.8, 4) is 5.75 Å². The van der Waals surface area contributed by atoms with Crippen LogP contribution in [0.25, 0.3) is 5.52 Å². The highest BCUT2D eigenvalue weighted by Gasteiger charge is 2.49. The molecule has 2 aromatic rings. The number of aryl methyl sites for hydroxylation is 1. The number of ether oxygens (including phenoxy) is 1. The van der Waals surface area contributed by atoms with Crippen LogP contribution < -0.4 is 20.9 Å². The van der Waals surface area contributed by atoms with E-state index in [0.717, 1.165) is 23.4 Å². The first-order valence-electron chi connectivity index (χ1n) is 9.83. The van der Waals surface area contributed by atoms with Gasteiger partial charge in [0.15, 0.2) is 11.6 Å². The maximum absolute atomic E-state index is 15.1. The number of pyridine rings is 2. The average Bonchev–Trinajstić information content (AvgIpc) is 3.42. The lowest BCUT2D eigenvalue weighted by molar-refractivity contribution is -0.178. The Morgan fingerprint density at radius 2 is 2.00 bits per heavy atom. The Hall–Kier alpha value is -2.82. The minimum Gasteiger partial charge on any atom is -0.449 e. The zero-order valence-electron chi connectivity index (χ0n) is 16.6. The lowest BCUT2D eigenvalue weighted by atomic mass is 9.96. The van der Waals surface area contributed by atoms with Crippen molar-refractivity contribution in [2.45, 2.75) is 31.9 Å². The first kappa shape index (κ1) is 21.4. The van der Waals surface area contributed by atoms with Crippen LogP contribution >= 0.6 is 0 Å². The number of fused-ring (bicyclic) bond motifs is 1. The van der Waals surface area contributed by atoms with Crippen molar-refractivity contribution in [2.24, 2.45) is 17.6 Å². The number of hydrogen-bond acceptors (Lipinski definition) is 5. The lowest BCUT2D eigenvalue weighted by Gasteiger charge is -2.24. The number of rotatable bonds is 4. The van der Waals surface area contributed by atoms with Gasteiger partial charge in [-0.3, -0.25) is 9.20 Å². The van der Waals surface area contributed by atoms with Gasteiger partial charge in [-0.2, -0.15) is 13.2 Å². The predicted molar refractivity (Wildman–Crippen MR) is 103 cm³/mol. The van der Waals surface area contributed by atoms with E-state index >= 15 is 4.39 Å². The fourth-order valence-electron chi connectivity index (χ4n) is 4.54. The number of anilines is 1. The molecule has 7 nitrogen and oxygen atoms in total. The van der Waals surface area contributed by atoms with Crippen LogP contribution in [0.15, 0.2) is 17.1 Å². The lowest BCUT2D eigenvalue weighted by Crippen LogP contribution is -2.33. The minimum absolute atomic E-state index is 0.00148. The zero-order chi connectivity index (χ0) is 22.7.